The van der Waals surface area contributed by atoms with Gasteiger partial charge in [-0.3, -0.25) is 4.90 Å². The molecular formula is C32H48ClNO4S. The number of aryl methyl sites for hydroxylation is 1. The van der Waals surface area contributed by atoms with Gasteiger partial charge in [0.1, 0.15) is 5.75 Å². The van der Waals surface area contributed by atoms with Crippen LogP contribution in [0.3, 0.4) is 0 Å². The van der Waals surface area contributed by atoms with Crippen molar-refractivity contribution in [3.63, 3.8) is 0 Å². The highest BCUT2D eigenvalue weighted by Gasteiger charge is 2.40. The Bertz CT molecular complexity index is 1030. The number of hydrogen-bond acceptors (Lipinski definition) is 6. The maximum atomic E-state index is 10.4. The largest absolute Gasteiger partial charge is 0.490 e. The van der Waals surface area contributed by atoms with Crippen LogP contribution >= 0.6 is 24.2 Å². The number of halogens is 1. The number of fused-ring (bicyclic) bond motifs is 1. The summed E-state index contributed by atoms with van der Waals surface area (Å²) in [6.07, 6.45) is 11.1. The summed E-state index contributed by atoms with van der Waals surface area (Å²) < 4.78 is 18.2. The standard InChI is InChI=1S/C32H47NO4S.ClH/c1-5-9-19-32(20-10-6-2)37-29-18-13-25(22-31(29)38-32)27-16-15-26(33(27)23-34)14-11-24-12-17-28(35-7-3)30(21-24)36-8-4;/h12-13,17-18,21-22,26-27,34H,5-11,14-16,19-20,23H2,1-4H3;1H. The third kappa shape index (κ3) is 7.78. The van der Waals surface area contributed by atoms with E-state index in [0.717, 1.165) is 55.8 Å². The molecular weight excluding hydrogens is 530 g/mol. The molecule has 2 aliphatic heterocycles. The van der Waals surface area contributed by atoms with Crippen LogP contribution in [-0.4, -0.2) is 40.9 Å². The summed E-state index contributed by atoms with van der Waals surface area (Å²) in [5.41, 5.74) is 2.55. The number of aliphatic hydroxyl groups is 1. The normalized spacial score (nSPS) is 19.8. The van der Waals surface area contributed by atoms with E-state index in [1.807, 2.05) is 31.7 Å². The van der Waals surface area contributed by atoms with Gasteiger partial charge in [0.15, 0.2) is 16.4 Å². The summed E-state index contributed by atoms with van der Waals surface area (Å²) in [6, 6.07) is 13.6. The van der Waals surface area contributed by atoms with Crippen molar-refractivity contribution in [1.82, 2.24) is 4.90 Å². The Hall–Kier alpha value is -1.60. The van der Waals surface area contributed by atoms with E-state index in [4.69, 9.17) is 14.2 Å². The summed E-state index contributed by atoms with van der Waals surface area (Å²) in [4.78, 5) is 3.45. The fraction of sp³-hybridized carbons (Fsp3) is 0.625. The SMILES string of the molecule is CCCCC1(CCCC)Oc2ccc(C3CCC(CCc4ccc(OCC)c(OCC)c4)N3CO)cc2S1.Cl. The van der Waals surface area contributed by atoms with Gasteiger partial charge in [0, 0.05) is 12.1 Å². The third-order valence-corrected chi connectivity index (χ3v) is 9.35. The van der Waals surface area contributed by atoms with Crippen molar-refractivity contribution in [3.05, 3.63) is 47.5 Å². The molecule has 39 heavy (non-hydrogen) atoms. The molecule has 2 aromatic rings. The molecule has 0 saturated carbocycles. The lowest BCUT2D eigenvalue weighted by Gasteiger charge is -2.28. The van der Waals surface area contributed by atoms with Crippen molar-refractivity contribution in [3.8, 4) is 17.2 Å². The molecule has 5 nitrogen and oxygen atoms in total. The first kappa shape index (κ1) is 31.9. The van der Waals surface area contributed by atoms with E-state index in [2.05, 4.69) is 49.1 Å². The van der Waals surface area contributed by atoms with Crippen LogP contribution in [0.2, 0.25) is 0 Å². The number of benzene rings is 2. The molecule has 2 aliphatic rings. The van der Waals surface area contributed by atoms with Crippen LogP contribution in [0.25, 0.3) is 0 Å². The van der Waals surface area contributed by atoms with Gasteiger partial charge in [0.2, 0.25) is 0 Å². The molecule has 0 amide bonds. The summed E-state index contributed by atoms with van der Waals surface area (Å²) >= 11 is 1.94. The van der Waals surface area contributed by atoms with Crippen LogP contribution in [0.1, 0.15) is 103 Å². The monoisotopic (exact) mass is 577 g/mol. The highest BCUT2D eigenvalue weighted by Crippen LogP contribution is 2.53. The molecule has 2 heterocycles. The van der Waals surface area contributed by atoms with E-state index in [1.165, 1.54) is 41.7 Å². The van der Waals surface area contributed by atoms with Gasteiger partial charge >= 0.3 is 0 Å². The fourth-order valence-corrected chi connectivity index (χ4v) is 7.37. The van der Waals surface area contributed by atoms with Crippen molar-refractivity contribution >= 4 is 24.2 Å². The molecule has 0 radical (unpaired) electrons. The quantitative estimate of drug-likeness (QED) is 0.229. The van der Waals surface area contributed by atoms with Crippen molar-refractivity contribution in [2.75, 3.05) is 19.9 Å². The maximum Gasteiger partial charge on any atom is 0.161 e. The third-order valence-electron chi connectivity index (χ3n) is 7.95. The Balaban J connectivity index is 0.00000420. The molecule has 218 valence electrons. The number of unbranched alkanes of at least 4 members (excludes halogenated alkanes) is 2. The molecule has 1 fully saturated rings. The van der Waals surface area contributed by atoms with Crippen molar-refractivity contribution < 1.29 is 19.3 Å². The number of hydrogen-bond donors (Lipinski definition) is 1. The molecule has 2 aromatic carbocycles. The minimum Gasteiger partial charge on any atom is -0.490 e. The Labute approximate surface area is 246 Å². The second-order valence-corrected chi connectivity index (χ2v) is 12.0. The minimum absolute atomic E-state index is 0. The number of rotatable bonds is 15. The first-order valence-electron chi connectivity index (χ1n) is 14.8. The molecule has 1 saturated heterocycles. The van der Waals surface area contributed by atoms with Crippen LogP contribution in [0, 0.1) is 0 Å². The van der Waals surface area contributed by atoms with Crippen molar-refractivity contribution in [2.45, 2.75) is 114 Å². The van der Waals surface area contributed by atoms with Crippen molar-refractivity contribution in [1.29, 1.82) is 0 Å². The van der Waals surface area contributed by atoms with Gasteiger partial charge in [0.05, 0.1) is 24.8 Å². The smallest absolute Gasteiger partial charge is 0.161 e. The first-order valence-corrected chi connectivity index (χ1v) is 15.6. The van der Waals surface area contributed by atoms with Gasteiger partial charge in [-0.05, 0) is 101 Å². The molecule has 0 aliphatic carbocycles. The molecule has 2 atom stereocenters. The lowest BCUT2D eigenvalue weighted by atomic mass is 10.0. The Morgan fingerprint density at radius 2 is 1.67 bits per heavy atom. The zero-order chi connectivity index (χ0) is 27.0. The first-order chi connectivity index (χ1) is 18.6. The topological polar surface area (TPSA) is 51.2 Å². The minimum atomic E-state index is -0.111. The second kappa shape index (κ2) is 15.4. The molecule has 0 aromatic heterocycles. The highest BCUT2D eigenvalue weighted by atomic mass is 35.5. The predicted octanol–water partition coefficient (Wildman–Crippen LogP) is 8.56. The maximum absolute atomic E-state index is 10.4. The van der Waals surface area contributed by atoms with E-state index < -0.39 is 0 Å². The Morgan fingerprint density at radius 1 is 0.949 bits per heavy atom. The summed E-state index contributed by atoms with van der Waals surface area (Å²) in [6.45, 7) is 9.83. The number of aliphatic hydroxyl groups excluding tert-OH is 1. The Morgan fingerprint density at radius 3 is 2.33 bits per heavy atom. The molecule has 4 rings (SSSR count). The van der Waals surface area contributed by atoms with E-state index in [1.54, 1.807) is 0 Å². The second-order valence-electron chi connectivity index (χ2n) is 10.6. The number of likely N-dealkylation sites (tertiary alicyclic amines) is 1. The van der Waals surface area contributed by atoms with E-state index in [-0.39, 0.29) is 30.1 Å². The average Bonchev–Trinajstić information content (AvgIpc) is 3.51. The van der Waals surface area contributed by atoms with Gasteiger partial charge in [-0.15, -0.1) is 12.4 Å². The average molecular weight is 578 g/mol. The zero-order valence-electron chi connectivity index (χ0n) is 24.2. The van der Waals surface area contributed by atoms with Gasteiger partial charge in [-0.1, -0.05) is 50.6 Å². The van der Waals surface area contributed by atoms with Crippen LogP contribution in [-0.2, 0) is 6.42 Å². The Kier molecular flexibility index (Phi) is 12.6. The molecule has 0 spiro atoms. The fourth-order valence-electron chi connectivity index (χ4n) is 5.94. The number of thioether (sulfide) groups is 1. The van der Waals surface area contributed by atoms with Gasteiger partial charge in [0.25, 0.3) is 0 Å². The van der Waals surface area contributed by atoms with Crippen LogP contribution in [0.5, 0.6) is 17.2 Å². The summed E-state index contributed by atoms with van der Waals surface area (Å²) in [5.74, 6) is 2.67. The predicted molar refractivity (Wildman–Crippen MR) is 164 cm³/mol. The summed E-state index contributed by atoms with van der Waals surface area (Å²) in [5, 5.41) is 10.4. The van der Waals surface area contributed by atoms with E-state index in [0.29, 0.717) is 19.3 Å². The molecule has 1 N–H and O–H groups in total. The van der Waals surface area contributed by atoms with Crippen LogP contribution in [0.15, 0.2) is 41.3 Å². The molecule has 2 unspecified atom stereocenters. The van der Waals surface area contributed by atoms with Gasteiger partial charge in [-0.25, -0.2) is 0 Å². The number of ether oxygens (including phenoxy) is 3. The van der Waals surface area contributed by atoms with E-state index >= 15 is 0 Å². The lowest BCUT2D eigenvalue weighted by Crippen LogP contribution is -2.32. The molecule has 0 bridgehead atoms. The van der Waals surface area contributed by atoms with Crippen LogP contribution in [0.4, 0.5) is 0 Å². The zero-order valence-corrected chi connectivity index (χ0v) is 25.9. The number of nitrogens with zero attached hydrogens (tertiary/aromatic N) is 1. The highest BCUT2D eigenvalue weighted by molar-refractivity contribution is 8.00. The lowest BCUT2D eigenvalue weighted by molar-refractivity contribution is 0.0595. The van der Waals surface area contributed by atoms with Gasteiger partial charge in [-0.2, -0.15) is 0 Å². The van der Waals surface area contributed by atoms with Gasteiger partial charge < -0.3 is 19.3 Å². The van der Waals surface area contributed by atoms with Crippen molar-refractivity contribution in [2.24, 2.45) is 0 Å². The van der Waals surface area contributed by atoms with Crippen LogP contribution < -0.4 is 14.2 Å². The van der Waals surface area contributed by atoms with E-state index in [9.17, 15) is 5.11 Å². The summed E-state index contributed by atoms with van der Waals surface area (Å²) in [7, 11) is 0. The molecule has 7 heteroatoms.